The fourth-order valence-corrected chi connectivity index (χ4v) is 4.70. The van der Waals surface area contributed by atoms with Crippen LogP contribution in [0.15, 0.2) is 76.6 Å². The Bertz CT molecular complexity index is 1550. The Labute approximate surface area is 226 Å². The minimum Gasteiger partial charge on any atom is -0.497 e. The summed E-state index contributed by atoms with van der Waals surface area (Å²) < 4.78 is 16.0. The van der Waals surface area contributed by atoms with E-state index in [9.17, 15) is 9.59 Å². The van der Waals surface area contributed by atoms with Gasteiger partial charge in [0.25, 0.3) is 5.91 Å². The lowest BCUT2D eigenvalue weighted by atomic mass is 10.1. The van der Waals surface area contributed by atoms with E-state index in [1.165, 1.54) is 43.1 Å². The van der Waals surface area contributed by atoms with Crippen molar-refractivity contribution >= 4 is 57.4 Å². The van der Waals surface area contributed by atoms with Gasteiger partial charge in [-0.25, -0.2) is 4.79 Å². The van der Waals surface area contributed by atoms with Gasteiger partial charge in [-0.3, -0.25) is 15.2 Å². The van der Waals surface area contributed by atoms with E-state index in [2.05, 4.69) is 15.1 Å². The number of carbonyl (C=O) groups is 2. The molecule has 0 spiro atoms. The second-order valence-electron chi connectivity index (χ2n) is 7.82. The van der Waals surface area contributed by atoms with Gasteiger partial charge in [0.2, 0.25) is 5.17 Å². The molecule has 190 valence electrons. The van der Waals surface area contributed by atoms with Gasteiger partial charge in [0.05, 0.1) is 30.4 Å². The average molecular weight is 548 g/mol. The zero-order chi connectivity index (χ0) is 26.8. The Balaban J connectivity index is 1.42. The first kappa shape index (κ1) is 25.2. The number of hydrogen-bond donors (Lipinski definition) is 1. The van der Waals surface area contributed by atoms with Crippen LogP contribution >= 0.6 is 23.4 Å². The van der Waals surface area contributed by atoms with Crippen molar-refractivity contribution in [2.45, 2.75) is 0 Å². The number of nitrogens with zero attached hydrogens (tertiary/aromatic N) is 4. The predicted molar refractivity (Wildman–Crippen MR) is 144 cm³/mol. The predicted octanol–water partition coefficient (Wildman–Crippen LogP) is 4.64. The first-order valence-electron chi connectivity index (χ1n) is 11.0. The lowest BCUT2D eigenvalue weighted by Gasteiger charge is -2.20. The van der Waals surface area contributed by atoms with E-state index >= 15 is 0 Å². The highest BCUT2D eigenvalue weighted by Crippen LogP contribution is 2.38. The maximum Gasteiger partial charge on any atom is 0.343 e. The second-order valence-corrected chi connectivity index (χ2v) is 9.18. The third-order valence-electron chi connectivity index (χ3n) is 5.45. The topological polar surface area (TPSA) is 127 Å². The third kappa shape index (κ3) is 4.89. The molecule has 2 aromatic carbocycles. The molecule has 0 aliphatic carbocycles. The molecule has 3 aromatic rings. The minimum atomic E-state index is -0.640. The second kappa shape index (κ2) is 10.5. The molecule has 0 radical (unpaired) electrons. The third-order valence-corrected chi connectivity index (χ3v) is 6.68. The number of amidine groups is 2. The zero-order valence-electron chi connectivity index (χ0n) is 20.0. The number of methoxy groups -OCH3 is 2. The number of aromatic nitrogens is 1. The molecule has 10 nitrogen and oxygen atoms in total. The minimum absolute atomic E-state index is 0.00614. The molecule has 1 aromatic heterocycles. The van der Waals surface area contributed by atoms with E-state index in [0.717, 1.165) is 5.56 Å². The highest BCUT2D eigenvalue weighted by molar-refractivity contribution is 8.27. The molecule has 0 atom stereocenters. The number of esters is 1. The quantitative estimate of drug-likeness (QED) is 0.269. The smallest absolute Gasteiger partial charge is 0.343 e. The summed E-state index contributed by atoms with van der Waals surface area (Å²) in [4.78, 5) is 33.6. The molecule has 2 aliphatic rings. The zero-order valence-corrected chi connectivity index (χ0v) is 21.5. The number of hydrazone groups is 1. The van der Waals surface area contributed by atoms with Gasteiger partial charge in [-0.1, -0.05) is 11.6 Å². The van der Waals surface area contributed by atoms with Gasteiger partial charge in [-0.05, 0) is 71.9 Å². The van der Waals surface area contributed by atoms with Crippen molar-refractivity contribution in [3.63, 3.8) is 0 Å². The van der Waals surface area contributed by atoms with Crippen molar-refractivity contribution in [3.8, 4) is 17.2 Å². The number of nitrogens with one attached hydrogen (secondary N) is 1. The summed E-state index contributed by atoms with van der Waals surface area (Å²) in [6.07, 6.45) is 4.74. The number of ether oxygens (including phenoxy) is 3. The van der Waals surface area contributed by atoms with E-state index < -0.39 is 11.9 Å². The lowest BCUT2D eigenvalue weighted by Crippen LogP contribution is -2.35. The van der Waals surface area contributed by atoms with Gasteiger partial charge in [-0.2, -0.15) is 15.1 Å². The molecule has 0 unspecified atom stereocenters. The summed E-state index contributed by atoms with van der Waals surface area (Å²) in [6, 6.07) is 13.0. The van der Waals surface area contributed by atoms with Gasteiger partial charge in [-0.15, -0.1) is 0 Å². The van der Waals surface area contributed by atoms with Crippen LogP contribution in [0.25, 0.3) is 6.08 Å². The molecule has 1 amide bonds. The number of aliphatic imine (C=N–C) groups is 1. The van der Waals surface area contributed by atoms with Crippen molar-refractivity contribution in [2.75, 3.05) is 14.2 Å². The molecule has 3 heterocycles. The molecule has 12 heteroatoms. The summed E-state index contributed by atoms with van der Waals surface area (Å²) in [5.41, 5.74) is 1.48. The van der Waals surface area contributed by atoms with Crippen LogP contribution in [0.4, 0.5) is 0 Å². The van der Waals surface area contributed by atoms with Gasteiger partial charge in [0.1, 0.15) is 10.8 Å². The molecule has 38 heavy (non-hydrogen) atoms. The highest BCUT2D eigenvalue weighted by atomic mass is 35.5. The van der Waals surface area contributed by atoms with E-state index in [0.29, 0.717) is 21.9 Å². The molecule has 1 N–H and O–H groups in total. The Hall–Kier alpha value is -4.48. The largest absolute Gasteiger partial charge is 0.497 e. The van der Waals surface area contributed by atoms with Crippen LogP contribution in [0.3, 0.4) is 0 Å². The van der Waals surface area contributed by atoms with Crippen LogP contribution < -0.4 is 14.2 Å². The van der Waals surface area contributed by atoms with E-state index in [4.69, 9.17) is 31.2 Å². The Morgan fingerprint density at radius 1 is 1.13 bits per heavy atom. The number of halogens is 1. The standard InChI is InChI=1S/C26H18ClN5O5S/c1-35-17-7-5-15(6-8-17)25(34)37-21-19(27)11-14(12-20(21)36-2)10-18-22(28)32-26(30-23(18)33)38-24(31-32)16-4-3-9-29-13-16/h3-13,28H,1-2H3/b18-10-,28-22?. The first-order valence-corrected chi connectivity index (χ1v) is 12.2. The molecular formula is C26H18ClN5O5S. The normalized spacial score (nSPS) is 15.7. The molecule has 0 bridgehead atoms. The fraction of sp³-hybridized carbons (Fsp3) is 0.0769. The number of hydrogen-bond acceptors (Lipinski definition) is 9. The molecular weight excluding hydrogens is 530 g/mol. The van der Waals surface area contributed by atoms with Crippen molar-refractivity contribution in [2.24, 2.45) is 10.1 Å². The summed E-state index contributed by atoms with van der Waals surface area (Å²) in [6.45, 7) is 0. The highest BCUT2D eigenvalue weighted by Gasteiger charge is 2.36. The van der Waals surface area contributed by atoms with Gasteiger partial charge in [0.15, 0.2) is 17.3 Å². The SMILES string of the molecule is COc1ccc(C(=O)Oc2c(Cl)cc(/C=C3/C(=N)N4N=C(c5cccnc5)SC4=NC3=O)cc2OC)cc1. The monoisotopic (exact) mass is 547 g/mol. The Morgan fingerprint density at radius 3 is 2.61 bits per heavy atom. The van der Waals surface area contributed by atoms with Gasteiger partial charge >= 0.3 is 5.97 Å². The van der Waals surface area contributed by atoms with Gasteiger partial charge < -0.3 is 14.2 Å². The average Bonchev–Trinajstić information content (AvgIpc) is 3.37. The van der Waals surface area contributed by atoms with Crippen LogP contribution in [-0.4, -0.2) is 52.1 Å². The Morgan fingerprint density at radius 2 is 1.92 bits per heavy atom. The van der Waals surface area contributed by atoms with Crippen LogP contribution in [0.5, 0.6) is 17.2 Å². The number of pyridine rings is 1. The summed E-state index contributed by atoms with van der Waals surface area (Å²) in [5.74, 6) is -0.597. The number of amides is 1. The van der Waals surface area contributed by atoms with Gasteiger partial charge in [0, 0.05) is 18.0 Å². The number of fused-ring (bicyclic) bond motifs is 1. The van der Waals surface area contributed by atoms with Crippen LogP contribution in [0.2, 0.25) is 5.02 Å². The number of carbonyl (C=O) groups excluding carboxylic acids is 2. The van der Waals surface area contributed by atoms with Crippen LogP contribution in [0.1, 0.15) is 21.5 Å². The van der Waals surface area contributed by atoms with Crippen molar-refractivity contribution in [1.82, 2.24) is 9.99 Å². The number of thioether (sulfide) groups is 1. The lowest BCUT2D eigenvalue weighted by molar-refractivity contribution is -0.114. The first-order chi connectivity index (χ1) is 18.4. The molecule has 0 saturated carbocycles. The Kier molecular flexibility index (Phi) is 6.95. The van der Waals surface area contributed by atoms with Crippen molar-refractivity contribution < 1.29 is 23.8 Å². The summed E-state index contributed by atoms with van der Waals surface area (Å²) >= 11 is 7.63. The molecule has 0 fully saturated rings. The summed E-state index contributed by atoms with van der Waals surface area (Å²) in [5, 5.41) is 15.3. The van der Waals surface area contributed by atoms with Crippen molar-refractivity contribution in [1.29, 1.82) is 5.41 Å². The molecule has 5 rings (SSSR count). The molecule has 2 aliphatic heterocycles. The van der Waals surface area contributed by atoms with Crippen LogP contribution in [-0.2, 0) is 4.79 Å². The summed E-state index contributed by atoms with van der Waals surface area (Å²) in [7, 11) is 2.92. The van der Waals surface area contributed by atoms with E-state index in [1.54, 1.807) is 48.8 Å². The van der Waals surface area contributed by atoms with Crippen LogP contribution in [0, 0.1) is 5.41 Å². The van der Waals surface area contributed by atoms with Crippen molar-refractivity contribution in [3.05, 3.63) is 88.2 Å². The maximum absolute atomic E-state index is 12.8. The molecule has 0 saturated heterocycles. The maximum atomic E-state index is 12.8. The van der Waals surface area contributed by atoms with E-state index in [1.807, 2.05) is 6.07 Å². The van der Waals surface area contributed by atoms with E-state index in [-0.39, 0.29) is 33.1 Å². The number of rotatable bonds is 6. The number of benzene rings is 2. The fourth-order valence-electron chi connectivity index (χ4n) is 3.57.